The molecule has 112 valence electrons. The zero-order valence-electron chi connectivity index (χ0n) is 13.7. The van der Waals surface area contributed by atoms with Crippen molar-refractivity contribution < 1.29 is 0 Å². The lowest BCUT2D eigenvalue weighted by molar-refractivity contribution is 0.483. The third-order valence-corrected chi connectivity index (χ3v) is 4.47. The second-order valence-corrected chi connectivity index (χ2v) is 6.46. The quantitative estimate of drug-likeness (QED) is 0.639. The zero-order valence-corrected chi connectivity index (χ0v) is 13.7. The van der Waals surface area contributed by atoms with Gasteiger partial charge >= 0.3 is 0 Å². The summed E-state index contributed by atoms with van der Waals surface area (Å²) < 4.78 is 0. The molecule has 0 bridgehead atoms. The van der Waals surface area contributed by atoms with Crippen molar-refractivity contribution in [1.82, 2.24) is 5.32 Å². The van der Waals surface area contributed by atoms with Gasteiger partial charge < -0.3 is 5.32 Å². The molecule has 19 heavy (non-hydrogen) atoms. The highest BCUT2D eigenvalue weighted by Gasteiger charge is 2.15. The molecule has 0 amide bonds. The lowest BCUT2D eigenvalue weighted by Crippen LogP contribution is -2.29. The van der Waals surface area contributed by atoms with Gasteiger partial charge in [0.2, 0.25) is 0 Å². The first-order valence-corrected chi connectivity index (χ1v) is 8.67. The van der Waals surface area contributed by atoms with E-state index < -0.39 is 0 Å². The Bertz CT molecular complexity index is 265. The van der Waals surface area contributed by atoms with Gasteiger partial charge in [-0.1, -0.05) is 53.4 Å². The molecule has 1 aliphatic rings. The minimum Gasteiger partial charge on any atom is -0.386 e. The van der Waals surface area contributed by atoms with Crippen LogP contribution in [0, 0.1) is 5.92 Å². The van der Waals surface area contributed by atoms with Crippen LogP contribution in [-0.4, -0.2) is 6.04 Å². The predicted octanol–water partition coefficient (Wildman–Crippen LogP) is 5.81. The maximum absolute atomic E-state index is 3.91. The number of nitrogens with one attached hydrogen (secondary N) is 1. The Labute approximate surface area is 121 Å². The Kier molecular flexibility index (Phi) is 8.25. The highest BCUT2D eigenvalue weighted by molar-refractivity contribution is 5.16. The predicted molar refractivity (Wildman–Crippen MR) is 86.3 cm³/mol. The van der Waals surface area contributed by atoms with Crippen LogP contribution in [0.5, 0.6) is 0 Å². The van der Waals surface area contributed by atoms with Gasteiger partial charge in [0.1, 0.15) is 0 Å². The monoisotopic (exact) mass is 265 g/mol. The van der Waals surface area contributed by atoms with Crippen LogP contribution in [0.3, 0.4) is 0 Å². The van der Waals surface area contributed by atoms with E-state index in [0.717, 1.165) is 0 Å². The normalized spacial score (nSPS) is 23.6. The summed E-state index contributed by atoms with van der Waals surface area (Å²) in [7, 11) is 0. The summed E-state index contributed by atoms with van der Waals surface area (Å²) in [5.74, 6) is 0.708. The van der Waals surface area contributed by atoms with E-state index in [2.05, 4.69) is 33.0 Å². The molecular formula is C18H35N. The molecule has 0 spiro atoms. The highest BCUT2D eigenvalue weighted by atomic mass is 14.9. The van der Waals surface area contributed by atoms with E-state index in [1.165, 1.54) is 64.2 Å². The van der Waals surface area contributed by atoms with Crippen molar-refractivity contribution >= 4 is 0 Å². The van der Waals surface area contributed by atoms with Gasteiger partial charge in [-0.25, -0.2) is 0 Å². The molecule has 1 atom stereocenters. The summed E-state index contributed by atoms with van der Waals surface area (Å²) in [4.78, 5) is 0. The van der Waals surface area contributed by atoms with Crippen molar-refractivity contribution in [1.29, 1.82) is 0 Å². The Morgan fingerprint density at radius 2 is 1.58 bits per heavy atom. The summed E-state index contributed by atoms with van der Waals surface area (Å²) in [5.41, 5.74) is 3.33. The number of hydrogen-bond acceptors (Lipinski definition) is 1. The summed E-state index contributed by atoms with van der Waals surface area (Å²) in [5, 5.41) is 3.91. The number of allylic oxidation sites excluding steroid dienone is 2. The summed E-state index contributed by atoms with van der Waals surface area (Å²) in [6, 6.07) is 0.689. The van der Waals surface area contributed by atoms with Crippen molar-refractivity contribution in [2.45, 2.75) is 97.9 Å². The third kappa shape index (κ3) is 6.01. The highest BCUT2D eigenvalue weighted by Crippen LogP contribution is 2.27. The molecule has 1 aliphatic carbocycles. The van der Waals surface area contributed by atoms with Crippen LogP contribution in [0.25, 0.3) is 0 Å². The van der Waals surface area contributed by atoms with Gasteiger partial charge in [0, 0.05) is 11.7 Å². The van der Waals surface area contributed by atoms with Crippen LogP contribution in [0.4, 0.5) is 0 Å². The molecule has 0 aromatic heterocycles. The van der Waals surface area contributed by atoms with Gasteiger partial charge in [0.25, 0.3) is 0 Å². The van der Waals surface area contributed by atoms with Crippen molar-refractivity contribution in [3.05, 3.63) is 11.3 Å². The van der Waals surface area contributed by atoms with Gasteiger partial charge in [-0.05, 0) is 50.0 Å². The minimum atomic E-state index is 0.689. The largest absolute Gasteiger partial charge is 0.386 e. The van der Waals surface area contributed by atoms with Gasteiger partial charge in [-0.15, -0.1) is 0 Å². The fraction of sp³-hybridized carbons (Fsp3) is 0.889. The molecule has 0 fully saturated rings. The van der Waals surface area contributed by atoms with E-state index in [-0.39, 0.29) is 0 Å². The van der Waals surface area contributed by atoms with E-state index in [9.17, 15) is 0 Å². The number of hydrogen-bond donors (Lipinski definition) is 1. The molecule has 0 aliphatic heterocycles. The van der Waals surface area contributed by atoms with Gasteiger partial charge in [0.05, 0.1) is 0 Å². The van der Waals surface area contributed by atoms with Crippen LogP contribution in [0.15, 0.2) is 11.3 Å². The van der Waals surface area contributed by atoms with Crippen LogP contribution < -0.4 is 5.32 Å². The standard InChI is InChI=1S/C18H35N/c1-5-12-16(6-2)19-18-14-11-9-7-8-10-13-17(18)15(3)4/h15-16,19H,5-14H2,1-4H3/b18-17-. The molecule has 1 unspecified atom stereocenters. The first-order chi connectivity index (χ1) is 9.19. The van der Waals surface area contributed by atoms with E-state index in [4.69, 9.17) is 0 Å². The van der Waals surface area contributed by atoms with E-state index in [1.807, 2.05) is 0 Å². The molecule has 0 radical (unpaired) electrons. The molecule has 0 aromatic rings. The summed E-state index contributed by atoms with van der Waals surface area (Å²) in [6.45, 7) is 9.36. The van der Waals surface area contributed by atoms with E-state index in [1.54, 1.807) is 11.3 Å². The van der Waals surface area contributed by atoms with Gasteiger partial charge in [0.15, 0.2) is 0 Å². The molecule has 1 rings (SSSR count). The molecule has 0 saturated heterocycles. The molecule has 0 aromatic carbocycles. The van der Waals surface area contributed by atoms with Gasteiger partial charge in [-0.3, -0.25) is 0 Å². The molecular weight excluding hydrogens is 230 g/mol. The van der Waals surface area contributed by atoms with Crippen LogP contribution in [-0.2, 0) is 0 Å². The van der Waals surface area contributed by atoms with Crippen molar-refractivity contribution in [3.63, 3.8) is 0 Å². The average Bonchev–Trinajstić information content (AvgIpc) is 2.50. The first kappa shape index (κ1) is 16.6. The lowest BCUT2D eigenvalue weighted by atomic mass is 9.93. The lowest BCUT2D eigenvalue weighted by Gasteiger charge is -2.25. The maximum atomic E-state index is 3.91. The van der Waals surface area contributed by atoms with Crippen LogP contribution in [0.1, 0.15) is 91.9 Å². The maximum Gasteiger partial charge on any atom is 0.0255 e. The Hall–Kier alpha value is -0.460. The Balaban J connectivity index is 2.80. The fourth-order valence-electron chi connectivity index (χ4n) is 3.23. The van der Waals surface area contributed by atoms with Crippen molar-refractivity contribution in [2.24, 2.45) is 5.92 Å². The van der Waals surface area contributed by atoms with E-state index in [0.29, 0.717) is 12.0 Å². The topological polar surface area (TPSA) is 12.0 Å². The smallest absolute Gasteiger partial charge is 0.0255 e. The Morgan fingerprint density at radius 1 is 0.947 bits per heavy atom. The van der Waals surface area contributed by atoms with E-state index >= 15 is 0 Å². The molecule has 0 heterocycles. The average molecular weight is 265 g/mol. The third-order valence-electron chi connectivity index (χ3n) is 4.47. The minimum absolute atomic E-state index is 0.689. The summed E-state index contributed by atoms with van der Waals surface area (Å²) >= 11 is 0. The fourth-order valence-corrected chi connectivity index (χ4v) is 3.23. The van der Waals surface area contributed by atoms with Crippen molar-refractivity contribution in [3.8, 4) is 0 Å². The number of rotatable bonds is 6. The van der Waals surface area contributed by atoms with Crippen molar-refractivity contribution in [2.75, 3.05) is 0 Å². The summed E-state index contributed by atoms with van der Waals surface area (Å²) in [6.07, 6.45) is 13.5. The van der Waals surface area contributed by atoms with Gasteiger partial charge in [-0.2, -0.15) is 0 Å². The second kappa shape index (κ2) is 9.44. The SMILES string of the molecule is CCCC(CC)N/C1=C(\C(C)C)CCCCCCC1. The zero-order chi connectivity index (χ0) is 14.1. The Morgan fingerprint density at radius 3 is 2.16 bits per heavy atom. The van der Waals surface area contributed by atoms with Crippen LogP contribution >= 0.6 is 0 Å². The molecule has 0 saturated carbocycles. The molecule has 1 heteroatoms. The van der Waals surface area contributed by atoms with Crippen LogP contribution in [0.2, 0.25) is 0 Å². The molecule has 1 N–H and O–H groups in total. The second-order valence-electron chi connectivity index (χ2n) is 6.46. The first-order valence-electron chi connectivity index (χ1n) is 8.67. The molecule has 1 nitrogen and oxygen atoms in total.